The van der Waals surface area contributed by atoms with E-state index in [9.17, 15) is 19.2 Å². The monoisotopic (exact) mass is 407 g/mol. The van der Waals surface area contributed by atoms with Crippen molar-refractivity contribution >= 4 is 56.4 Å². The number of benzene rings is 1. The van der Waals surface area contributed by atoms with Gasteiger partial charge in [0.2, 0.25) is 5.78 Å². The highest BCUT2D eigenvalue weighted by Crippen LogP contribution is 2.28. The van der Waals surface area contributed by atoms with Crippen molar-refractivity contribution in [2.45, 2.75) is 0 Å². The minimum Gasteiger partial charge on any atom is -0.456 e. The molecule has 6 nitrogen and oxygen atoms in total. The van der Waals surface area contributed by atoms with Gasteiger partial charge in [0.05, 0.1) is 19.9 Å². The molecule has 8 heteroatoms. The number of esters is 1. The largest absolute Gasteiger partial charge is 0.456 e. The standard InChI is InChI=1S/C16H10BrNO5S/c17-13-6-5-12(24-13)11(19)8-23-14(20)7-18-10-4-2-1-3-9(10)15(21)16(18)22/h1-6H,7-8H2. The Kier molecular flexibility index (Phi) is 4.59. The molecule has 1 amide bonds. The van der Waals surface area contributed by atoms with Gasteiger partial charge in [0, 0.05) is 0 Å². The topological polar surface area (TPSA) is 80.8 Å². The third-order valence-corrected chi connectivity index (χ3v) is 5.04. The number of ketones is 2. The van der Waals surface area contributed by atoms with Gasteiger partial charge in [0.1, 0.15) is 6.54 Å². The summed E-state index contributed by atoms with van der Waals surface area (Å²) in [5.74, 6) is -2.51. The smallest absolute Gasteiger partial charge is 0.326 e. The van der Waals surface area contributed by atoms with Crippen molar-refractivity contribution in [3.63, 3.8) is 0 Å². The maximum atomic E-state index is 12.0. The first-order valence-corrected chi connectivity index (χ1v) is 8.47. The minimum absolute atomic E-state index is 0.259. The van der Waals surface area contributed by atoms with E-state index < -0.39 is 30.8 Å². The van der Waals surface area contributed by atoms with Gasteiger partial charge < -0.3 is 4.74 Å². The lowest BCUT2D eigenvalue weighted by atomic mass is 10.1. The molecule has 0 aliphatic carbocycles. The van der Waals surface area contributed by atoms with E-state index in [1.54, 1.807) is 30.3 Å². The number of halogens is 1. The van der Waals surface area contributed by atoms with Crippen LogP contribution in [-0.4, -0.2) is 36.6 Å². The van der Waals surface area contributed by atoms with E-state index in [-0.39, 0.29) is 11.3 Å². The van der Waals surface area contributed by atoms with E-state index in [1.807, 2.05) is 0 Å². The minimum atomic E-state index is -0.776. The van der Waals surface area contributed by atoms with E-state index in [2.05, 4.69) is 15.9 Å². The van der Waals surface area contributed by atoms with Crippen molar-refractivity contribution in [3.8, 4) is 0 Å². The first kappa shape index (κ1) is 16.5. The molecular weight excluding hydrogens is 398 g/mol. The molecule has 1 aliphatic heterocycles. The van der Waals surface area contributed by atoms with E-state index in [0.29, 0.717) is 10.6 Å². The number of para-hydroxylation sites is 1. The second-order valence-electron chi connectivity index (χ2n) is 4.93. The molecule has 3 rings (SSSR count). The predicted octanol–water partition coefficient (Wildman–Crippen LogP) is 2.47. The van der Waals surface area contributed by atoms with Gasteiger partial charge in [-0.15, -0.1) is 11.3 Å². The number of Topliss-reactive ketones (excluding diaryl/α,β-unsaturated/α-hetero) is 2. The van der Waals surface area contributed by atoms with Crippen molar-refractivity contribution < 1.29 is 23.9 Å². The number of hydrogen-bond acceptors (Lipinski definition) is 6. The summed E-state index contributed by atoms with van der Waals surface area (Å²) in [6, 6.07) is 9.78. The average molecular weight is 408 g/mol. The van der Waals surface area contributed by atoms with E-state index >= 15 is 0 Å². The lowest BCUT2D eigenvalue weighted by Gasteiger charge is -2.15. The number of thiophene rings is 1. The van der Waals surface area contributed by atoms with Crippen LogP contribution in [0.5, 0.6) is 0 Å². The molecule has 0 bridgehead atoms. The Balaban J connectivity index is 1.62. The van der Waals surface area contributed by atoms with Crippen LogP contribution in [0, 0.1) is 0 Å². The van der Waals surface area contributed by atoms with Crippen LogP contribution in [0.3, 0.4) is 0 Å². The molecule has 0 spiro atoms. The molecule has 0 saturated carbocycles. The van der Waals surface area contributed by atoms with Crippen LogP contribution in [-0.2, 0) is 14.3 Å². The molecule has 1 aliphatic rings. The van der Waals surface area contributed by atoms with Gasteiger partial charge in [-0.2, -0.15) is 0 Å². The molecule has 1 aromatic carbocycles. The second-order valence-corrected chi connectivity index (χ2v) is 7.39. The number of carbonyl (C=O) groups is 4. The van der Waals surface area contributed by atoms with Crippen molar-refractivity contribution in [1.29, 1.82) is 0 Å². The number of hydrogen-bond donors (Lipinski definition) is 0. The zero-order valence-corrected chi connectivity index (χ0v) is 14.6. The summed E-state index contributed by atoms with van der Waals surface area (Å²) in [6.07, 6.45) is 0. The van der Waals surface area contributed by atoms with E-state index in [0.717, 1.165) is 8.69 Å². The van der Waals surface area contributed by atoms with Gasteiger partial charge in [-0.3, -0.25) is 24.1 Å². The summed E-state index contributed by atoms with van der Waals surface area (Å²) in [7, 11) is 0. The fourth-order valence-corrected chi connectivity index (χ4v) is 3.57. The highest BCUT2D eigenvalue weighted by atomic mass is 79.9. The number of carbonyl (C=O) groups excluding carboxylic acids is 4. The number of amides is 1. The van der Waals surface area contributed by atoms with E-state index in [1.165, 1.54) is 17.4 Å². The molecule has 0 saturated heterocycles. The van der Waals surface area contributed by atoms with Crippen LogP contribution < -0.4 is 4.90 Å². The van der Waals surface area contributed by atoms with E-state index in [4.69, 9.17) is 4.74 Å². The van der Waals surface area contributed by atoms with Gasteiger partial charge >= 0.3 is 5.97 Å². The third-order valence-electron chi connectivity index (χ3n) is 3.38. The Hall–Kier alpha value is -2.32. The van der Waals surface area contributed by atoms with Gasteiger partial charge in [-0.25, -0.2) is 0 Å². The van der Waals surface area contributed by atoms with Crippen LogP contribution in [0.15, 0.2) is 40.2 Å². The molecule has 0 fully saturated rings. The average Bonchev–Trinajstić information content (AvgIpc) is 3.11. The number of nitrogens with zero attached hydrogens (tertiary/aromatic N) is 1. The molecule has 24 heavy (non-hydrogen) atoms. The molecule has 1 aromatic heterocycles. The Labute approximate surface area is 149 Å². The summed E-state index contributed by atoms with van der Waals surface area (Å²) in [6.45, 7) is -0.827. The summed E-state index contributed by atoms with van der Waals surface area (Å²) in [5, 5.41) is 0. The zero-order valence-electron chi connectivity index (χ0n) is 12.2. The first-order valence-electron chi connectivity index (χ1n) is 6.87. The van der Waals surface area contributed by atoms with Gasteiger partial charge in [-0.1, -0.05) is 12.1 Å². The molecule has 0 atom stereocenters. The van der Waals surface area contributed by atoms with Gasteiger partial charge in [0.25, 0.3) is 11.7 Å². The molecule has 2 heterocycles. The van der Waals surface area contributed by atoms with Crippen molar-refractivity contribution in [3.05, 3.63) is 50.6 Å². The third kappa shape index (κ3) is 3.15. The summed E-state index contributed by atoms with van der Waals surface area (Å²) < 4.78 is 5.73. The number of fused-ring (bicyclic) bond motifs is 1. The maximum absolute atomic E-state index is 12.0. The fraction of sp³-hybridized carbons (Fsp3) is 0.125. The summed E-state index contributed by atoms with van der Waals surface area (Å²) in [4.78, 5) is 49.1. The van der Waals surface area contributed by atoms with Crippen LogP contribution >= 0.6 is 27.3 Å². The Bertz CT molecular complexity index is 860. The first-order chi connectivity index (χ1) is 11.5. The van der Waals surface area contributed by atoms with Crippen molar-refractivity contribution in [1.82, 2.24) is 0 Å². The summed E-state index contributed by atoms with van der Waals surface area (Å²) in [5.41, 5.74) is 0.632. The molecule has 2 aromatic rings. The lowest BCUT2D eigenvalue weighted by Crippen LogP contribution is -2.36. The normalized spacial score (nSPS) is 13.1. The predicted molar refractivity (Wildman–Crippen MR) is 90.4 cm³/mol. The van der Waals surface area contributed by atoms with Crippen molar-refractivity contribution in [2.75, 3.05) is 18.1 Å². The van der Waals surface area contributed by atoms with Crippen LogP contribution in [0.2, 0.25) is 0 Å². The number of anilines is 1. The number of ether oxygens (including phenoxy) is 1. The van der Waals surface area contributed by atoms with Crippen LogP contribution in [0.4, 0.5) is 5.69 Å². The molecular formula is C16H10BrNO5S. The SMILES string of the molecule is O=C(CN1C(=O)C(=O)c2ccccc21)OCC(=O)c1ccc(Br)s1. The Morgan fingerprint density at radius 1 is 1.12 bits per heavy atom. The number of rotatable bonds is 5. The lowest BCUT2D eigenvalue weighted by molar-refractivity contribution is -0.141. The molecule has 0 N–H and O–H groups in total. The molecule has 0 radical (unpaired) electrons. The van der Waals surface area contributed by atoms with Gasteiger partial charge in [-0.05, 0) is 40.2 Å². The highest BCUT2D eigenvalue weighted by molar-refractivity contribution is 9.11. The maximum Gasteiger partial charge on any atom is 0.326 e. The molecule has 0 unspecified atom stereocenters. The quantitative estimate of drug-likeness (QED) is 0.432. The van der Waals surface area contributed by atoms with Crippen molar-refractivity contribution in [2.24, 2.45) is 0 Å². The van der Waals surface area contributed by atoms with Gasteiger partial charge in [0.15, 0.2) is 6.61 Å². The van der Waals surface area contributed by atoms with Crippen LogP contribution in [0.25, 0.3) is 0 Å². The Morgan fingerprint density at radius 3 is 2.58 bits per heavy atom. The summed E-state index contributed by atoms with van der Waals surface area (Å²) >= 11 is 4.49. The fourth-order valence-electron chi connectivity index (χ4n) is 2.26. The van der Waals surface area contributed by atoms with Crippen LogP contribution in [0.1, 0.15) is 20.0 Å². The Morgan fingerprint density at radius 2 is 1.88 bits per heavy atom. The highest BCUT2D eigenvalue weighted by Gasteiger charge is 2.36. The molecule has 122 valence electrons. The second kappa shape index (κ2) is 6.66. The zero-order chi connectivity index (χ0) is 17.3.